The standard InChI is InChI=1S/C11H20N4S2/c1-11(2,3)8(6-16)7-17-10-12-13-14-15(10)9-4-5-9/h8-9,16H,4-7H2,1-3H3. The molecular weight excluding hydrogens is 252 g/mol. The van der Waals surface area contributed by atoms with Crippen LogP contribution in [0.3, 0.4) is 0 Å². The van der Waals surface area contributed by atoms with Gasteiger partial charge in [0.1, 0.15) is 0 Å². The number of thioether (sulfide) groups is 1. The van der Waals surface area contributed by atoms with Crippen LogP contribution < -0.4 is 0 Å². The van der Waals surface area contributed by atoms with E-state index in [1.807, 2.05) is 4.68 Å². The molecule has 0 aliphatic heterocycles. The summed E-state index contributed by atoms with van der Waals surface area (Å²) in [7, 11) is 0. The van der Waals surface area contributed by atoms with Gasteiger partial charge in [-0.1, -0.05) is 32.5 Å². The zero-order chi connectivity index (χ0) is 12.5. The van der Waals surface area contributed by atoms with Crippen molar-refractivity contribution in [1.29, 1.82) is 0 Å². The molecule has 0 aromatic carbocycles. The van der Waals surface area contributed by atoms with Gasteiger partial charge >= 0.3 is 0 Å². The molecule has 96 valence electrons. The number of thiol groups is 1. The van der Waals surface area contributed by atoms with Gasteiger partial charge in [-0.05, 0) is 40.4 Å². The number of aromatic nitrogens is 4. The lowest BCUT2D eigenvalue weighted by atomic mass is 9.83. The number of tetrazole rings is 1. The summed E-state index contributed by atoms with van der Waals surface area (Å²) in [6, 6.07) is 0.552. The Hall–Kier alpha value is -0.230. The van der Waals surface area contributed by atoms with Crippen molar-refractivity contribution in [2.24, 2.45) is 11.3 Å². The van der Waals surface area contributed by atoms with Crippen LogP contribution in [-0.2, 0) is 0 Å². The van der Waals surface area contributed by atoms with Crippen molar-refractivity contribution in [2.45, 2.75) is 44.8 Å². The van der Waals surface area contributed by atoms with Crippen LogP contribution in [0.25, 0.3) is 0 Å². The Kier molecular flexibility index (Phi) is 4.02. The van der Waals surface area contributed by atoms with Crippen molar-refractivity contribution in [3.63, 3.8) is 0 Å². The van der Waals surface area contributed by atoms with E-state index in [2.05, 4.69) is 48.9 Å². The third-order valence-corrected chi connectivity index (χ3v) is 4.75. The maximum atomic E-state index is 4.45. The first kappa shape index (κ1) is 13.2. The van der Waals surface area contributed by atoms with Crippen LogP contribution in [0.4, 0.5) is 0 Å². The van der Waals surface area contributed by atoms with Crippen LogP contribution in [0.15, 0.2) is 5.16 Å². The third kappa shape index (κ3) is 3.37. The Balaban J connectivity index is 1.94. The molecule has 6 heteroatoms. The number of nitrogens with zero attached hydrogens (tertiary/aromatic N) is 4. The lowest BCUT2D eigenvalue weighted by molar-refractivity contribution is 0.294. The van der Waals surface area contributed by atoms with E-state index >= 15 is 0 Å². The SMILES string of the molecule is CC(C)(C)C(CS)CSc1nnnn1C1CC1. The number of rotatable bonds is 5. The van der Waals surface area contributed by atoms with E-state index in [-0.39, 0.29) is 5.41 Å². The summed E-state index contributed by atoms with van der Waals surface area (Å²) in [4.78, 5) is 0. The molecule has 1 heterocycles. The number of hydrogen-bond donors (Lipinski definition) is 1. The molecule has 1 unspecified atom stereocenters. The highest BCUT2D eigenvalue weighted by molar-refractivity contribution is 7.99. The highest BCUT2D eigenvalue weighted by Gasteiger charge is 2.29. The highest BCUT2D eigenvalue weighted by atomic mass is 32.2. The lowest BCUT2D eigenvalue weighted by Gasteiger charge is -2.28. The van der Waals surface area contributed by atoms with Gasteiger partial charge in [0.2, 0.25) is 5.16 Å². The zero-order valence-electron chi connectivity index (χ0n) is 10.6. The molecule has 17 heavy (non-hydrogen) atoms. The molecule has 1 aromatic rings. The Morgan fingerprint density at radius 3 is 2.71 bits per heavy atom. The molecule has 4 nitrogen and oxygen atoms in total. The normalized spacial score (nSPS) is 18.4. The molecule has 0 spiro atoms. The highest BCUT2D eigenvalue weighted by Crippen LogP contribution is 2.38. The summed E-state index contributed by atoms with van der Waals surface area (Å²) < 4.78 is 1.98. The van der Waals surface area contributed by atoms with Gasteiger partial charge in [0.15, 0.2) is 0 Å². The van der Waals surface area contributed by atoms with E-state index < -0.39 is 0 Å². The molecule has 1 aliphatic carbocycles. The minimum Gasteiger partial charge on any atom is -0.217 e. The predicted octanol–water partition coefficient (Wildman–Crippen LogP) is 2.69. The third-order valence-electron chi connectivity index (χ3n) is 3.21. The van der Waals surface area contributed by atoms with E-state index in [1.165, 1.54) is 12.8 Å². The van der Waals surface area contributed by atoms with Gasteiger partial charge in [0.05, 0.1) is 6.04 Å². The molecule has 0 radical (unpaired) electrons. The lowest BCUT2D eigenvalue weighted by Crippen LogP contribution is -2.24. The minimum atomic E-state index is 0.284. The zero-order valence-corrected chi connectivity index (χ0v) is 12.3. The average molecular weight is 272 g/mol. The van der Waals surface area contributed by atoms with Crippen molar-refractivity contribution >= 4 is 24.4 Å². The molecular formula is C11H20N4S2. The average Bonchev–Trinajstić information content (AvgIpc) is 2.98. The Labute approximate surface area is 112 Å². The fraction of sp³-hybridized carbons (Fsp3) is 0.909. The van der Waals surface area contributed by atoms with Crippen LogP contribution in [0.5, 0.6) is 0 Å². The van der Waals surface area contributed by atoms with Gasteiger partial charge in [-0.3, -0.25) is 0 Å². The molecule has 0 bridgehead atoms. The first-order valence-electron chi connectivity index (χ1n) is 6.04. The van der Waals surface area contributed by atoms with Gasteiger partial charge in [0.25, 0.3) is 0 Å². The van der Waals surface area contributed by atoms with Crippen LogP contribution in [0.2, 0.25) is 0 Å². The topological polar surface area (TPSA) is 43.6 Å². The molecule has 0 N–H and O–H groups in total. The molecule has 1 aromatic heterocycles. The summed E-state index contributed by atoms with van der Waals surface area (Å²) in [5.74, 6) is 2.50. The van der Waals surface area contributed by atoms with Crippen molar-refractivity contribution < 1.29 is 0 Å². The van der Waals surface area contributed by atoms with Gasteiger partial charge in [-0.2, -0.15) is 12.6 Å². The summed E-state index contributed by atoms with van der Waals surface area (Å²) in [5.41, 5.74) is 0.284. The second-order valence-corrected chi connectivity index (χ2v) is 7.05. The first-order valence-corrected chi connectivity index (χ1v) is 7.65. The monoisotopic (exact) mass is 272 g/mol. The second-order valence-electron chi connectivity index (χ2n) is 5.69. The van der Waals surface area contributed by atoms with Crippen LogP contribution in [-0.4, -0.2) is 31.7 Å². The maximum absolute atomic E-state index is 4.45. The fourth-order valence-corrected chi connectivity index (χ4v) is 3.81. The maximum Gasteiger partial charge on any atom is 0.209 e. The van der Waals surface area contributed by atoms with Gasteiger partial charge in [-0.25, -0.2) is 4.68 Å². The smallest absolute Gasteiger partial charge is 0.209 e. The van der Waals surface area contributed by atoms with Crippen LogP contribution in [0.1, 0.15) is 39.7 Å². The van der Waals surface area contributed by atoms with E-state index in [1.54, 1.807) is 11.8 Å². The van der Waals surface area contributed by atoms with Gasteiger partial charge in [-0.15, -0.1) is 5.10 Å². The van der Waals surface area contributed by atoms with Gasteiger partial charge < -0.3 is 0 Å². The minimum absolute atomic E-state index is 0.284. The Morgan fingerprint density at radius 1 is 1.47 bits per heavy atom. The largest absolute Gasteiger partial charge is 0.217 e. The second kappa shape index (κ2) is 5.18. The first-order chi connectivity index (χ1) is 8.02. The quantitative estimate of drug-likeness (QED) is 0.661. The molecule has 1 atom stereocenters. The molecule has 2 rings (SSSR count). The van der Waals surface area contributed by atoms with Gasteiger partial charge in [0, 0.05) is 5.75 Å². The van der Waals surface area contributed by atoms with Crippen LogP contribution >= 0.6 is 24.4 Å². The Morgan fingerprint density at radius 2 is 2.18 bits per heavy atom. The molecule has 1 aliphatic rings. The summed E-state index contributed by atoms with van der Waals surface area (Å²) in [5, 5.41) is 12.9. The Bertz CT molecular complexity index is 368. The van der Waals surface area contributed by atoms with E-state index in [9.17, 15) is 0 Å². The van der Waals surface area contributed by atoms with Crippen molar-refractivity contribution in [3.05, 3.63) is 0 Å². The van der Waals surface area contributed by atoms with Crippen molar-refractivity contribution in [3.8, 4) is 0 Å². The van der Waals surface area contributed by atoms with Crippen molar-refractivity contribution in [2.75, 3.05) is 11.5 Å². The predicted molar refractivity (Wildman–Crippen MR) is 73.6 cm³/mol. The summed E-state index contributed by atoms with van der Waals surface area (Å²) >= 11 is 6.21. The van der Waals surface area contributed by atoms with Crippen molar-refractivity contribution in [1.82, 2.24) is 20.2 Å². The molecule has 1 fully saturated rings. The molecule has 0 saturated heterocycles. The number of hydrogen-bond acceptors (Lipinski definition) is 5. The summed E-state index contributed by atoms with van der Waals surface area (Å²) in [6.45, 7) is 6.79. The van der Waals surface area contributed by atoms with E-state index in [0.717, 1.165) is 16.7 Å². The molecule has 1 saturated carbocycles. The van der Waals surface area contributed by atoms with E-state index in [0.29, 0.717) is 12.0 Å². The summed E-state index contributed by atoms with van der Waals surface area (Å²) in [6.07, 6.45) is 2.43. The molecule has 0 amide bonds. The fourth-order valence-electron chi connectivity index (χ4n) is 1.58. The van der Waals surface area contributed by atoms with Crippen LogP contribution in [0, 0.1) is 11.3 Å². The van der Waals surface area contributed by atoms with E-state index in [4.69, 9.17) is 0 Å².